The Balaban J connectivity index is 1.27. The molecule has 1 spiro atoms. The first-order chi connectivity index (χ1) is 23.2. The van der Waals surface area contributed by atoms with Gasteiger partial charge in [-0.25, -0.2) is 4.98 Å². The van der Waals surface area contributed by atoms with Crippen LogP contribution in [0.25, 0.3) is 61.5 Å². The van der Waals surface area contributed by atoms with Crippen molar-refractivity contribution in [2.45, 2.75) is 5.41 Å². The Morgan fingerprint density at radius 2 is 1.02 bits per heavy atom. The Hall–Kier alpha value is -5.51. The average Bonchev–Trinajstić information content (AvgIpc) is 3.76. The van der Waals surface area contributed by atoms with Crippen molar-refractivity contribution in [2.24, 2.45) is 0 Å². The highest BCUT2D eigenvalue weighted by Gasteiger charge is 2.51. The summed E-state index contributed by atoms with van der Waals surface area (Å²) in [7, 11) is 0. The van der Waals surface area contributed by atoms with Gasteiger partial charge in [-0.2, -0.15) is 0 Å². The van der Waals surface area contributed by atoms with Crippen molar-refractivity contribution in [3.8, 4) is 50.5 Å². The van der Waals surface area contributed by atoms with Gasteiger partial charge in [0.1, 0.15) is 5.82 Å². The topological polar surface area (TPSA) is 17.8 Å². The Labute approximate surface area is 281 Å². The molecule has 3 heteroatoms. The molecule has 0 amide bonds. The molecule has 7 aromatic carbocycles. The molecule has 0 atom stereocenters. The third kappa shape index (κ3) is 3.63. The van der Waals surface area contributed by atoms with Crippen LogP contribution in [0.3, 0.4) is 0 Å². The third-order valence-corrected chi connectivity index (χ3v) is 10.6. The molecule has 2 aliphatic carbocycles. The van der Waals surface area contributed by atoms with E-state index in [1.165, 1.54) is 55.6 Å². The number of aromatic nitrogens is 2. The smallest absolute Gasteiger partial charge is 0.145 e. The number of hydrogen-bond donors (Lipinski definition) is 0. The van der Waals surface area contributed by atoms with Crippen molar-refractivity contribution in [3.63, 3.8) is 0 Å². The fraction of sp³-hybridized carbons (Fsp3) is 0.0227. The summed E-state index contributed by atoms with van der Waals surface area (Å²) < 4.78 is 3.42. The zero-order valence-electron chi connectivity index (χ0n) is 25.4. The van der Waals surface area contributed by atoms with Gasteiger partial charge < -0.3 is 0 Å². The summed E-state index contributed by atoms with van der Waals surface area (Å²) in [5, 5.41) is 0. The molecule has 8 aromatic rings. The number of hydrogen-bond acceptors (Lipinski definition) is 1. The van der Waals surface area contributed by atoms with Crippen molar-refractivity contribution in [1.82, 2.24) is 9.55 Å². The Morgan fingerprint density at radius 3 is 1.79 bits per heavy atom. The second-order valence-electron chi connectivity index (χ2n) is 12.4. The zero-order chi connectivity index (χ0) is 31.1. The highest BCUT2D eigenvalue weighted by Crippen LogP contribution is 2.63. The molecule has 0 saturated carbocycles. The van der Waals surface area contributed by atoms with E-state index in [9.17, 15) is 0 Å². The molecule has 0 fully saturated rings. The lowest BCUT2D eigenvalue weighted by molar-refractivity contribution is 0.793. The van der Waals surface area contributed by atoms with Crippen LogP contribution in [0.2, 0.25) is 0 Å². The van der Waals surface area contributed by atoms with Gasteiger partial charge in [-0.3, -0.25) is 4.57 Å². The number of fused-ring (bicyclic) bond motifs is 11. The van der Waals surface area contributed by atoms with Crippen molar-refractivity contribution < 1.29 is 0 Å². The molecule has 220 valence electrons. The van der Waals surface area contributed by atoms with Gasteiger partial charge in [0, 0.05) is 15.6 Å². The minimum absolute atomic E-state index is 0.413. The monoisotopic (exact) mass is 662 g/mol. The van der Waals surface area contributed by atoms with Gasteiger partial charge in [0.2, 0.25) is 0 Å². The summed E-state index contributed by atoms with van der Waals surface area (Å²) in [4.78, 5) is 5.15. The van der Waals surface area contributed by atoms with Gasteiger partial charge in [0.15, 0.2) is 0 Å². The van der Waals surface area contributed by atoms with E-state index in [0.717, 1.165) is 32.6 Å². The van der Waals surface area contributed by atoms with Gasteiger partial charge in [-0.15, -0.1) is 0 Å². The molecule has 47 heavy (non-hydrogen) atoms. The second-order valence-corrected chi connectivity index (χ2v) is 13.3. The average molecular weight is 664 g/mol. The lowest BCUT2D eigenvalue weighted by Gasteiger charge is -2.31. The zero-order valence-corrected chi connectivity index (χ0v) is 26.9. The molecule has 2 nitrogen and oxygen atoms in total. The number of benzene rings is 7. The molecule has 10 rings (SSSR count). The molecule has 0 aliphatic heterocycles. The van der Waals surface area contributed by atoms with E-state index in [2.05, 4.69) is 184 Å². The summed E-state index contributed by atoms with van der Waals surface area (Å²) in [6.07, 6.45) is 0. The van der Waals surface area contributed by atoms with Crippen molar-refractivity contribution >= 4 is 27.0 Å². The van der Waals surface area contributed by atoms with Crippen LogP contribution in [0.1, 0.15) is 22.3 Å². The molecule has 0 unspecified atom stereocenters. The van der Waals surface area contributed by atoms with Crippen molar-refractivity contribution in [1.29, 1.82) is 0 Å². The number of rotatable bonds is 3. The number of nitrogens with zero attached hydrogens (tertiary/aromatic N) is 2. The molecular formula is C44H27BrN2. The number of imidazole rings is 1. The molecule has 0 bridgehead atoms. The van der Waals surface area contributed by atoms with Gasteiger partial charge in [-0.05, 0) is 86.5 Å². The molecule has 1 heterocycles. The van der Waals surface area contributed by atoms with Crippen molar-refractivity contribution in [2.75, 3.05) is 0 Å². The molecule has 2 aliphatic rings. The van der Waals surface area contributed by atoms with E-state index in [4.69, 9.17) is 4.98 Å². The van der Waals surface area contributed by atoms with E-state index in [1.54, 1.807) is 0 Å². The first-order valence-corrected chi connectivity index (χ1v) is 16.8. The summed E-state index contributed by atoms with van der Waals surface area (Å²) in [5.41, 5.74) is 16.8. The van der Waals surface area contributed by atoms with Gasteiger partial charge in [-0.1, -0.05) is 143 Å². The molecule has 0 radical (unpaired) electrons. The molecule has 0 N–H and O–H groups in total. The SMILES string of the molecule is Brc1ccc2c(c1)C1(c3ccccc3-c3ccccc31)c1cc(-c3ccccc3-n3c(-c4ccccc4)nc4ccccc43)ccc1-2. The summed E-state index contributed by atoms with van der Waals surface area (Å²) in [5.74, 6) is 0.938. The van der Waals surface area contributed by atoms with Crippen LogP contribution in [0.5, 0.6) is 0 Å². The summed E-state index contributed by atoms with van der Waals surface area (Å²) in [6, 6.07) is 59.6. The number of halogens is 1. The van der Waals surface area contributed by atoms with Crippen LogP contribution < -0.4 is 0 Å². The van der Waals surface area contributed by atoms with Gasteiger partial charge >= 0.3 is 0 Å². The largest absolute Gasteiger partial charge is 0.292 e. The van der Waals surface area contributed by atoms with Gasteiger partial charge in [0.05, 0.1) is 22.1 Å². The maximum atomic E-state index is 5.15. The lowest BCUT2D eigenvalue weighted by atomic mass is 9.70. The fourth-order valence-electron chi connectivity index (χ4n) is 8.24. The van der Waals surface area contributed by atoms with Crippen LogP contribution in [-0.4, -0.2) is 9.55 Å². The fourth-order valence-corrected chi connectivity index (χ4v) is 8.60. The van der Waals surface area contributed by atoms with E-state index in [0.29, 0.717) is 0 Å². The molecular weight excluding hydrogens is 636 g/mol. The Morgan fingerprint density at radius 1 is 0.447 bits per heavy atom. The van der Waals surface area contributed by atoms with E-state index in [-0.39, 0.29) is 0 Å². The predicted molar refractivity (Wildman–Crippen MR) is 196 cm³/mol. The lowest BCUT2D eigenvalue weighted by Crippen LogP contribution is -2.26. The van der Waals surface area contributed by atoms with Crippen LogP contribution >= 0.6 is 15.9 Å². The van der Waals surface area contributed by atoms with Crippen LogP contribution in [0, 0.1) is 0 Å². The van der Waals surface area contributed by atoms with Gasteiger partial charge in [0.25, 0.3) is 0 Å². The minimum atomic E-state index is -0.413. The highest BCUT2D eigenvalue weighted by atomic mass is 79.9. The summed E-state index contributed by atoms with van der Waals surface area (Å²) in [6.45, 7) is 0. The first-order valence-electron chi connectivity index (χ1n) is 16.0. The van der Waals surface area contributed by atoms with E-state index in [1.807, 2.05) is 0 Å². The maximum absolute atomic E-state index is 5.15. The second kappa shape index (κ2) is 9.99. The highest BCUT2D eigenvalue weighted by molar-refractivity contribution is 9.10. The van der Waals surface area contributed by atoms with E-state index >= 15 is 0 Å². The Bertz CT molecular complexity index is 2500. The standard InChI is InChI=1S/C44H27BrN2/c45-30-23-25-35-34-24-22-29(26-38(34)44(39(35)27-30)36-17-7-4-15-32(36)33-16-5-8-18-37(33)44)31-14-6-10-20-41(31)47-42-21-11-9-19-40(42)46-43(47)28-12-2-1-3-13-28/h1-27H. The third-order valence-electron chi connectivity index (χ3n) is 10.1. The Kier molecular flexibility index (Phi) is 5.67. The minimum Gasteiger partial charge on any atom is -0.292 e. The van der Waals surface area contributed by atoms with Crippen LogP contribution in [-0.2, 0) is 5.41 Å². The first kappa shape index (κ1) is 26.7. The maximum Gasteiger partial charge on any atom is 0.145 e. The van der Waals surface area contributed by atoms with Crippen LogP contribution in [0.4, 0.5) is 0 Å². The van der Waals surface area contributed by atoms with Crippen LogP contribution in [0.15, 0.2) is 168 Å². The number of para-hydroxylation sites is 3. The summed E-state index contributed by atoms with van der Waals surface area (Å²) >= 11 is 3.84. The van der Waals surface area contributed by atoms with E-state index < -0.39 is 5.41 Å². The normalized spacial score (nSPS) is 13.4. The quantitative estimate of drug-likeness (QED) is 0.184. The molecule has 1 aromatic heterocycles. The predicted octanol–water partition coefficient (Wildman–Crippen LogP) is 11.5. The van der Waals surface area contributed by atoms with Crippen molar-refractivity contribution in [3.05, 3.63) is 191 Å². The molecule has 0 saturated heterocycles.